The van der Waals surface area contributed by atoms with Crippen molar-refractivity contribution in [1.29, 1.82) is 0 Å². The molecule has 4 aromatic rings. The number of thiazole rings is 1. The number of benzene rings is 3. The number of aromatic nitrogens is 1. The number of carbonyl (C=O) groups is 2. The number of aliphatic imine (C=N–C) groups is 1. The number of ether oxygens (including phenoxy) is 1. The van der Waals surface area contributed by atoms with Gasteiger partial charge in [0.2, 0.25) is 11.6 Å². The maximum absolute atomic E-state index is 14.7. The Morgan fingerprint density at radius 1 is 1.08 bits per heavy atom. The molecule has 0 saturated heterocycles. The van der Waals surface area contributed by atoms with Crippen LogP contribution in [0.4, 0.5) is 15.2 Å². The lowest BCUT2D eigenvalue weighted by molar-refractivity contribution is -0.122. The lowest BCUT2D eigenvalue weighted by Crippen LogP contribution is -2.55. The summed E-state index contributed by atoms with van der Waals surface area (Å²) in [5.41, 5.74) is 5.90. The SMILES string of the molecule is O=C(Nc1nc2ccc(Oc3ccc(F)c(NC(=O)C4(Cc5ccc(I)cc5)N=CNN4)c3)cc2s1)C1CC1. The quantitative estimate of drug-likeness (QED) is 0.194. The van der Waals surface area contributed by atoms with Gasteiger partial charge in [0, 0.05) is 28.0 Å². The predicted molar refractivity (Wildman–Crippen MR) is 156 cm³/mol. The van der Waals surface area contributed by atoms with Gasteiger partial charge in [-0.05, 0) is 77.4 Å². The number of nitrogens with zero attached hydrogens (tertiary/aromatic N) is 2. The number of rotatable bonds is 8. The van der Waals surface area contributed by atoms with Crippen molar-refractivity contribution in [3.8, 4) is 11.5 Å². The van der Waals surface area contributed by atoms with Gasteiger partial charge in [0.15, 0.2) is 5.13 Å². The van der Waals surface area contributed by atoms with Gasteiger partial charge in [0.05, 0.1) is 22.2 Å². The normalized spacial score (nSPS) is 18.1. The van der Waals surface area contributed by atoms with Crippen molar-refractivity contribution in [3.05, 3.63) is 75.6 Å². The summed E-state index contributed by atoms with van der Waals surface area (Å²) < 4.78 is 22.6. The summed E-state index contributed by atoms with van der Waals surface area (Å²) >= 11 is 3.57. The maximum Gasteiger partial charge on any atom is 0.269 e. The highest BCUT2D eigenvalue weighted by atomic mass is 127. The molecule has 0 radical (unpaired) electrons. The van der Waals surface area contributed by atoms with Gasteiger partial charge in [-0.2, -0.15) is 0 Å². The van der Waals surface area contributed by atoms with E-state index in [0.717, 1.165) is 32.2 Å². The third-order valence-electron chi connectivity index (χ3n) is 6.34. The monoisotopic (exact) mass is 656 g/mol. The Bertz CT molecular complexity index is 1610. The highest BCUT2D eigenvalue weighted by Crippen LogP contribution is 2.35. The molecule has 12 heteroatoms. The van der Waals surface area contributed by atoms with Crippen LogP contribution in [0, 0.1) is 15.3 Å². The first-order valence-corrected chi connectivity index (χ1v) is 14.1. The van der Waals surface area contributed by atoms with Crippen LogP contribution in [-0.4, -0.2) is 28.8 Å². The molecule has 2 heterocycles. The van der Waals surface area contributed by atoms with Crippen molar-refractivity contribution in [2.45, 2.75) is 24.9 Å². The van der Waals surface area contributed by atoms with E-state index in [2.05, 4.69) is 54.1 Å². The van der Waals surface area contributed by atoms with E-state index in [9.17, 15) is 14.0 Å². The fourth-order valence-electron chi connectivity index (χ4n) is 4.11. The molecular formula is C27H22FIN6O3S. The van der Waals surface area contributed by atoms with Gasteiger partial charge in [-0.25, -0.2) is 19.8 Å². The summed E-state index contributed by atoms with van der Waals surface area (Å²) in [6, 6.07) is 17.2. The summed E-state index contributed by atoms with van der Waals surface area (Å²) in [5, 5.41) is 6.06. The van der Waals surface area contributed by atoms with Crippen LogP contribution in [0.2, 0.25) is 0 Å². The standard InChI is InChI=1S/C27H22FIN6O3S/c28-20-9-7-18(38-19-8-10-21-23(12-19)39-26(33-21)34-24(36)16-3-4-16)11-22(20)32-25(37)27(30-14-31-35-27)13-15-1-5-17(29)6-2-15/h1-2,5-12,14,16,35H,3-4,13H2,(H,30,31)(H,32,37)(H,33,34,36). The van der Waals surface area contributed by atoms with Gasteiger partial charge in [0.25, 0.3) is 5.91 Å². The van der Waals surface area contributed by atoms with Gasteiger partial charge >= 0.3 is 0 Å². The van der Waals surface area contributed by atoms with Crippen LogP contribution in [-0.2, 0) is 16.0 Å². The average Bonchev–Trinajstić information content (AvgIpc) is 3.54. The fraction of sp³-hybridized carbons (Fsp3) is 0.185. The lowest BCUT2D eigenvalue weighted by Gasteiger charge is -2.25. The molecule has 1 unspecified atom stereocenters. The number of hydrazine groups is 1. The van der Waals surface area contributed by atoms with E-state index in [1.54, 1.807) is 18.2 Å². The van der Waals surface area contributed by atoms with E-state index in [1.807, 2.05) is 24.3 Å². The number of nitrogens with one attached hydrogen (secondary N) is 4. The van der Waals surface area contributed by atoms with Crippen molar-refractivity contribution in [2.75, 3.05) is 10.6 Å². The molecule has 1 aliphatic carbocycles. The smallest absolute Gasteiger partial charge is 0.269 e. The molecule has 0 spiro atoms. The molecule has 1 atom stereocenters. The molecule has 1 fully saturated rings. The van der Waals surface area contributed by atoms with Crippen molar-refractivity contribution >= 4 is 73.1 Å². The Balaban J connectivity index is 1.18. The van der Waals surface area contributed by atoms with E-state index in [0.29, 0.717) is 16.6 Å². The second kappa shape index (κ2) is 10.5. The second-order valence-corrected chi connectivity index (χ2v) is 11.6. The van der Waals surface area contributed by atoms with Crippen molar-refractivity contribution < 1.29 is 18.7 Å². The average molecular weight is 656 g/mol. The van der Waals surface area contributed by atoms with E-state index in [1.165, 1.54) is 35.9 Å². The topological polar surface area (TPSA) is 117 Å². The Morgan fingerprint density at radius 3 is 2.59 bits per heavy atom. The molecule has 2 amide bonds. The zero-order valence-corrected chi connectivity index (χ0v) is 23.3. The van der Waals surface area contributed by atoms with Gasteiger partial charge in [-0.1, -0.05) is 23.5 Å². The largest absolute Gasteiger partial charge is 0.457 e. The number of carbonyl (C=O) groups excluding carboxylic acids is 2. The minimum atomic E-state index is -1.35. The third kappa shape index (κ3) is 5.72. The van der Waals surface area contributed by atoms with Crippen molar-refractivity contribution in [3.63, 3.8) is 0 Å². The first kappa shape index (κ1) is 25.6. The highest BCUT2D eigenvalue weighted by molar-refractivity contribution is 14.1. The molecule has 6 rings (SSSR count). The molecular weight excluding hydrogens is 634 g/mol. The maximum atomic E-state index is 14.7. The number of hydrogen-bond donors (Lipinski definition) is 4. The minimum Gasteiger partial charge on any atom is -0.457 e. The third-order valence-corrected chi connectivity index (χ3v) is 7.99. The van der Waals surface area contributed by atoms with E-state index >= 15 is 0 Å². The second-order valence-electron chi connectivity index (χ2n) is 9.30. The minimum absolute atomic E-state index is 0.000940. The van der Waals surface area contributed by atoms with Crippen LogP contribution in [0.5, 0.6) is 11.5 Å². The summed E-state index contributed by atoms with van der Waals surface area (Å²) in [4.78, 5) is 34.2. The molecule has 2 aliphatic rings. The zero-order chi connectivity index (χ0) is 27.0. The number of anilines is 2. The van der Waals surface area contributed by atoms with Crippen LogP contribution < -0.4 is 26.2 Å². The first-order chi connectivity index (χ1) is 18.9. The summed E-state index contributed by atoms with van der Waals surface area (Å²) in [5.74, 6) is -0.189. The molecule has 39 heavy (non-hydrogen) atoms. The molecule has 3 aromatic carbocycles. The van der Waals surface area contributed by atoms with Crippen LogP contribution in [0.15, 0.2) is 65.7 Å². The fourth-order valence-corrected chi connectivity index (χ4v) is 5.37. The molecule has 4 N–H and O–H groups in total. The molecule has 0 bridgehead atoms. The van der Waals surface area contributed by atoms with Crippen LogP contribution in [0.25, 0.3) is 10.2 Å². The van der Waals surface area contributed by atoms with Gasteiger partial charge < -0.3 is 20.8 Å². The summed E-state index contributed by atoms with van der Waals surface area (Å²) in [6.07, 6.45) is 3.50. The van der Waals surface area contributed by atoms with Gasteiger partial charge in [-0.15, -0.1) is 0 Å². The van der Waals surface area contributed by atoms with Crippen LogP contribution >= 0.6 is 33.9 Å². The number of hydrogen-bond acceptors (Lipinski definition) is 8. The van der Waals surface area contributed by atoms with Crippen molar-refractivity contribution in [1.82, 2.24) is 15.8 Å². The molecule has 1 aliphatic heterocycles. The Morgan fingerprint density at radius 2 is 1.85 bits per heavy atom. The number of amides is 2. The Kier molecular flexibility index (Phi) is 6.91. The van der Waals surface area contributed by atoms with E-state index < -0.39 is 17.4 Å². The summed E-state index contributed by atoms with van der Waals surface area (Å²) in [6.45, 7) is 0. The predicted octanol–water partition coefficient (Wildman–Crippen LogP) is 5.19. The molecule has 198 valence electrons. The van der Waals surface area contributed by atoms with E-state index in [-0.39, 0.29) is 23.9 Å². The molecule has 9 nitrogen and oxygen atoms in total. The number of halogens is 2. The molecule has 1 aromatic heterocycles. The van der Waals surface area contributed by atoms with Gasteiger partial charge in [0.1, 0.15) is 17.3 Å². The Labute approximate surface area is 240 Å². The van der Waals surface area contributed by atoms with Crippen LogP contribution in [0.1, 0.15) is 18.4 Å². The highest BCUT2D eigenvalue weighted by Gasteiger charge is 2.40. The molecule has 1 saturated carbocycles. The van der Waals surface area contributed by atoms with E-state index in [4.69, 9.17) is 4.74 Å². The first-order valence-electron chi connectivity index (χ1n) is 12.2. The Hall–Kier alpha value is -3.62. The summed E-state index contributed by atoms with van der Waals surface area (Å²) in [7, 11) is 0. The number of fused-ring (bicyclic) bond motifs is 1. The zero-order valence-electron chi connectivity index (χ0n) is 20.3. The van der Waals surface area contributed by atoms with Crippen molar-refractivity contribution in [2.24, 2.45) is 10.9 Å². The lowest BCUT2D eigenvalue weighted by atomic mass is 9.99. The van der Waals surface area contributed by atoms with Gasteiger partial charge in [-0.3, -0.25) is 9.59 Å². The van der Waals surface area contributed by atoms with Crippen LogP contribution in [0.3, 0.4) is 0 Å².